The summed E-state index contributed by atoms with van der Waals surface area (Å²) in [5.74, 6) is 0. The summed E-state index contributed by atoms with van der Waals surface area (Å²) in [6.45, 7) is 6.93. The van der Waals surface area contributed by atoms with Gasteiger partial charge in [-0.2, -0.15) is 0 Å². The van der Waals surface area contributed by atoms with Gasteiger partial charge < -0.3 is 5.32 Å². The van der Waals surface area contributed by atoms with E-state index in [0.717, 1.165) is 12.6 Å². The second kappa shape index (κ2) is 3.97. The number of hydrogen-bond donors (Lipinski definition) is 1. The van der Waals surface area contributed by atoms with Gasteiger partial charge in [-0.3, -0.25) is 0 Å². The van der Waals surface area contributed by atoms with Crippen molar-refractivity contribution in [2.45, 2.75) is 32.4 Å². The first-order valence-electron chi connectivity index (χ1n) is 5.25. The second-order valence-corrected chi connectivity index (χ2v) is 4.05. The van der Waals surface area contributed by atoms with Crippen LogP contribution in [0.4, 0.5) is 0 Å². The first-order valence-corrected chi connectivity index (χ1v) is 5.25. The van der Waals surface area contributed by atoms with Crippen LogP contribution in [-0.4, -0.2) is 6.04 Å². The van der Waals surface area contributed by atoms with Crippen molar-refractivity contribution in [1.29, 1.82) is 0 Å². The normalized spacial score (nSPS) is 15.5. The lowest BCUT2D eigenvalue weighted by molar-refractivity contribution is 0.687. The maximum absolute atomic E-state index is 3.82. The lowest BCUT2D eigenvalue weighted by Gasteiger charge is -2.06. The molecule has 0 radical (unpaired) electrons. The number of benzene rings is 1. The molecule has 0 amide bonds. The van der Waals surface area contributed by atoms with Crippen molar-refractivity contribution in [3.8, 4) is 0 Å². The Morgan fingerprint density at radius 3 is 2.93 bits per heavy atom. The summed E-state index contributed by atoms with van der Waals surface area (Å²) in [7, 11) is 0. The van der Waals surface area contributed by atoms with E-state index in [9.17, 15) is 0 Å². The first kappa shape index (κ1) is 9.47. The van der Waals surface area contributed by atoms with Crippen LogP contribution in [-0.2, 0) is 6.54 Å². The lowest BCUT2D eigenvalue weighted by Crippen LogP contribution is -2.15. The van der Waals surface area contributed by atoms with Crippen molar-refractivity contribution in [2.75, 3.05) is 0 Å². The zero-order chi connectivity index (χ0) is 9.97. The largest absolute Gasteiger partial charge is 0.310 e. The van der Waals surface area contributed by atoms with E-state index in [-0.39, 0.29) is 0 Å². The molecular weight excluding hydrogens is 170 g/mol. The Morgan fingerprint density at radius 2 is 2.29 bits per heavy atom. The van der Waals surface area contributed by atoms with Gasteiger partial charge in [-0.15, -0.1) is 0 Å². The Morgan fingerprint density at radius 1 is 1.50 bits per heavy atom. The van der Waals surface area contributed by atoms with Crippen LogP contribution in [0.25, 0.3) is 6.08 Å². The van der Waals surface area contributed by atoms with Crippen LogP contribution in [0.3, 0.4) is 0 Å². The Labute approximate surface area is 85.8 Å². The fourth-order valence-electron chi connectivity index (χ4n) is 1.57. The lowest BCUT2D eigenvalue weighted by atomic mass is 10.1. The highest BCUT2D eigenvalue weighted by atomic mass is 14.9. The molecule has 0 aliphatic heterocycles. The van der Waals surface area contributed by atoms with Crippen molar-refractivity contribution in [2.24, 2.45) is 0 Å². The molecule has 0 unspecified atom stereocenters. The molecule has 74 valence electrons. The maximum Gasteiger partial charge on any atom is 0.0208 e. The maximum atomic E-state index is 3.82. The van der Waals surface area contributed by atoms with Crippen LogP contribution in [0.15, 0.2) is 24.8 Å². The van der Waals surface area contributed by atoms with Gasteiger partial charge in [0.05, 0.1) is 0 Å². The SMILES string of the molecule is C=Cc1cc(CNC2CC2)ccc1C. The van der Waals surface area contributed by atoms with Gasteiger partial charge in [0, 0.05) is 12.6 Å². The average Bonchev–Trinajstić information content (AvgIpc) is 3.00. The Hall–Kier alpha value is -1.08. The highest BCUT2D eigenvalue weighted by Gasteiger charge is 2.19. The monoisotopic (exact) mass is 187 g/mol. The number of rotatable bonds is 4. The summed E-state index contributed by atoms with van der Waals surface area (Å²) in [4.78, 5) is 0. The van der Waals surface area contributed by atoms with Crippen molar-refractivity contribution in [3.05, 3.63) is 41.5 Å². The Kier molecular flexibility index (Phi) is 2.69. The molecule has 2 rings (SSSR count). The summed E-state index contributed by atoms with van der Waals surface area (Å²) in [5, 5.41) is 3.51. The quantitative estimate of drug-likeness (QED) is 0.764. The molecule has 0 aromatic heterocycles. The van der Waals surface area contributed by atoms with E-state index in [1.165, 1.54) is 29.5 Å². The van der Waals surface area contributed by atoms with E-state index < -0.39 is 0 Å². The standard InChI is InChI=1S/C13H17N/c1-3-12-8-11(5-4-10(12)2)9-14-13-6-7-13/h3-5,8,13-14H,1,6-7,9H2,2H3. The molecule has 0 saturated heterocycles. The third-order valence-electron chi connectivity index (χ3n) is 2.74. The van der Waals surface area contributed by atoms with E-state index >= 15 is 0 Å². The average molecular weight is 187 g/mol. The fraction of sp³-hybridized carbons (Fsp3) is 0.385. The van der Waals surface area contributed by atoms with E-state index in [0.29, 0.717) is 0 Å². The van der Waals surface area contributed by atoms with Gasteiger partial charge in [-0.05, 0) is 36.5 Å². The molecule has 1 heteroatoms. The molecule has 0 atom stereocenters. The molecule has 1 saturated carbocycles. The van der Waals surface area contributed by atoms with Gasteiger partial charge in [-0.1, -0.05) is 30.9 Å². The highest BCUT2D eigenvalue weighted by Crippen LogP contribution is 2.20. The van der Waals surface area contributed by atoms with Crippen molar-refractivity contribution >= 4 is 6.08 Å². The third-order valence-corrected chi connectivity index (χ3v) is 2.74. The van der Waals surface area contributed by atoms with Crippen LogP contribution in [0.5, 0.6) is 0 Å². The summed E-state index contributed by atoms with van der Waals surface area (Å²) >= 11 is 0. The summed E-state index contributed by atoms with van der Waals surface area (Å²) in [6.07, 6.45) is 4.62. The predicted octanol–water partition coefficient (Wildman–Crippen LogP) is 2.89. The topological polar surface area (TPSA) is 12.0 Å². The van der Waals surface area contributed by atoms with Gasteiger partial charge in [-0.25, -0.2) is 0 Å². The third kappa shape index (κ3) is 2.24. The molecule has 1 fully saturated rings. The minimum absolute atomic E-state index is 0.781. The zero-order valence-electron chi connectivity index (χ0n) is 8.72. The molecule has 1 nitrogen and oxygen atoms in total. The summed E-state index contributed by atoms with van der Waals surface area (Å²) < 4.78 is 0. The molecule has 1 aromatic carbocycles. The Bertz CT molecular complexity index is 337. The second-order valence-electron chi connectivity index (χ2n) is 4.05. The van der Waals surface area contributed by atoms with Crippen molar-refractivity contribution in [1.82, 2.24) is 5.32 Å². The van der Waals surface area contributed by atoms with Gasteiger partial charge in [0.25, 0.3) is 0 Å². The number of hydrogen-bond acceptors (Lipinski definition) is 1. The minimum Gasteiger partial charge on any atom is -0.310 e. The van der Waals surface area contributed by atoms with Crippen LogP contribution in [0.1, 0.15) is 29.5 Å². The zero-order valence-corrected chi connectivity index (χ0v) is 8.72. The molecule has 14 heavy (non-hydrogen) atoms. The smallest absolute Gasteiger partial charge is 0.0208 e. The van der Waals surface area contributed by atoms with Crippen LogP contribution in [0, 0.1) is 6.92 Å². The molecule has 1 N–H and O–H groups in total. The predicted molar refractivity (Wildman–Crippen MR) is 61.1 cm³/mol. The molecular formula is C13H17N. The van der Waals surface area contributed by atoms with Gasteiger partial charge >= 0.3 is 0 Å². The molecule has 1 aromatic rings. The van der Waals surface area contributed by atoms with Crippen molar-refractivity contribution in [3.63, 3.8) is 0 Å². The van der Waals surface area contributed by atoms with Crippen LogP contribution >= 0.6 is 0 Å². The number of aryl methyl sites for hydroxylation is 1. The molecule has 0 bridgehead atoms. The van der Waals surface area contributed by atoms with Gasteiger partial charge in [0.15, 0.2) is 0 Å². The number of nitrogens with one attached hydrogen (secondary N) is 1. The van der Waals surface area contributed by atoms with Gasteiger partial charge in [0.1, 0.15) is 0 Å². The highest BCUT2D eigenvalue weighted by molar-refractivity contribution is 5.52. The minimum atomic E-state index is 0.781. The molecule has 0 heterocycles. The summed E-state index contributed by atoms with van der Waals surface area (Å²) in [6, 6.07) is 7.36. The summed E-state index contributed by atoms with van der Waals surface area (Å²) in [5.41, 5.74) is 3.91. The molecule has 1 aliphatic rings. The fourth-order valence-corrected chi connectivity index (χ4v) is 1.57. The molecule has 0 spiro atoms. The van der Waals surface area contributed by atoms with Crippen molar-refractivity contribution < 1.29 is 0 Å². The van der Waals surface area contributed by atoms with E-state index in [1.54, 1.807) is 0 Å². The van der Waals surface area contributed by atoms with Gasteiger partial charge in [0.2, 0.25) is 0 Å². The van der Waals surface area contributed by atoms with Crippen LogP contribution < -0.4 is 5.32 Å². The Balaban J connectivity index is 2.05. The van der Waals surface area contributed by atoms with Crippen LogP contribution in [0.2, 0.25) is 0 Å². The van der Waals surface area contributed by atoms with E-state index in [2.05, 4.69) is 37.0 Å². The first-order chi connectivity index (χ1) is 6.79. The molecule has 1 aliphatic carbocycles. The van der Waals surface area contributed by atoms with E-state index in [1.807, 2.05) is 6.08 Å². The van der Waals surface area contributed by atoms with E-state index in [4.69, 9.17) is 0 Å².